The van der Waals surface area contributed by atoms with Gasteiger partial charge in [0.15, 0.2) is 0 Å². The Morgan fingerprint density at radius 1 is 1.58 bits per heavy atom. The van der Waals surface area contributed by atoms with Crippen molar-refractivity contribution in [2.45, 2.75) is 38.5 Å². The lowest BCUT2D eigenvalue weighted by Gasteiger charge is -2.43. The Labute approximate surface area is 71.7 Å². The van der Waals surface area contributed by atoms with Crippen molar-refractivity contribution in [2.75, 3.05) is 0 Å². The highest BCUT2D eigenvalue weighted by Gasteiger charge is 2.42. The third-order valence-electron chi connectivity index (χ3n) is 3.21. The molecule has 0 amide bonds. The molecule has 2 aliphatic rings. The van der Waals surface area contributed by atoms with Gasteiger partial charge in [0.05, 0.1) is 0 Å². The Bertz CT molecular complexity index is 218. The van der Waals surface area contributed by atoms with Crippen molar-refractivity contribution in [1.29, 1.82) is 0 Å². The van der Waals surface area contributed by atoms with E-state index in [2.05, 4.69) is 6.92 Å². The van der Waals surface area contributed by atoms with Gasteiger partial charge in [-0.3, -0.25) is 0 Å². The van der Waals surface area contributed by atoms with E-state index >= 15 is 0 Å². The number of halogens is 2. The number of allylic oxidation sites excluding steroid dienone is 2. The van der Waals surface area contributed by atoms with Gasteiger partial charge in [-0.15, -0.1) is 0 Å². The molecule has 0 saturated heterocycles. The van der Waals surface area contributed by atoms with Crippen molar-refractivity contribution in [3.8, 4) is 0 Å². The largest absolute Gasteiger partial charge is 0.266 e. The lowest BCUT2D eigenvalue weighted by Crippen LogP contribution is -2.34. The van der Waals surface area contributed by atoms with Crippen LogP contribution in [0, 0.1) is 11.8 Å². The summed E-state index contributed by atoms with van der Waals surface area (Å²) in [6.45, 7) is 2.08. The molecule has 0 bridgehead atoms. The van der Waals surface area contributed by atoms with E-state index in [-0.39, 0.29) is 6.42 Å². The number of hydrogen-bond acceptors (Lipinski definition) is 0. The molecule has 2 rings (SSSR count). The number of rotatable bonds is 1. The summed E-state index contributed by atoms with van der Waals surface area (Å²) in [4.78, 5) is 0. The van der Waals surface area contributed by atoms with Crippen LogP contribution in [0.2, 0.25) is 0 Å². The number of fused-ring (bicyclic) bond motifs is 1. The first-order valence-electron chi connectivity index (χ1n) is 4.73. The van der Waals surface area contributed by atoms with Crippen LogP contribution in [0.25, 0.3) is 0 Å². The second-order valence-corrected chi connectivity index (χ2v) is 3.98. The molecule has 0 aromatic carbocycles. The normalized spacial score (nSPS) is 38.1. The summed E-state index contributed by atoms with van der Waals surface area (Å²) >= 11 is 0. The first-order valence-corrected chi connectivity index (χ1v) is 4.73. The molecule has 0 radical (unpaired) electrons. The predicted molar refractivity (Wildman–Crippen MR) is 44.2 cm³/mol. The second-order valence-electron chi connectivity index (χ2n) is 3.98. The molecule has 0 nitrogen and oxygen atoms in total. The standard InChI is InChI=1S/C10H14F2/c1-2-7-5-8-3-4-10(11,12)6-9(7)8/h6-8H,2-5H2,1H3. The van der Waals surface area contributed by atoms with Gasteiger partial charge in [-0.1, -0.05) is 12.5 Å². The van der Waals surface area contributed by atoms with Gasteiger partial charge in [-0.25, -0.2) is 8.78 Å². The quantitative estimate of drug-likeness (QED) is 0.532. The van der Waals surface area contributed by atoms with Crippen molar-refractivity contribution in [3.05, 3.63) is 11.6 Å². The van der Waals surface area contributed by atoms with Crippen molar-refractivity contribution >= 4 is 0 Å². The monoisotopic (exact) mass is 172 g/mol. The van der Waals surface area contributed by atoms with Gasteiger partial charge >= 0.3 is 0 Å². The van der Waals surface area contributed by atoms with Crippen molar-refractivity contribution in [3.63, 3.8) is 0 Å². The van der Waals surface area contributed by atoms with Crippen LogP contribution < -0.4 is 0 Å². The predicted octanol–water partition coefficient (Wildman–Crippen LogP) is 3.39. The summed E-state index contributed by atoms with van der Waals surface area (Å²) in [5.41, 5.74) is 1.05. The van der Waals surface area contributed by atoms with Gasteiger partial charge in [-0.2, -0.15) is 0 Å². The summed E-state index contributed by atoms with van der Waals surface area (Å²) < 4.78 is 25.8. The minimum atomic E-state index is -2.50. The maximum Gasteiger partial charge on any atom is 0.266 e. The average molecular weight is 172 g/mol. The molecule has 0 heterocycles. The fourth-order valence-corrected chi connectivity index (χ4v) is 2.39. The molecule has 0 N–H and O–H groups in total. The molecule has 0 aromatic heterocycles. The maximum absolute atomic E-state index is 12.9. The highest BCUT2D eigenvalue weighted by Crippen LogP contribution is 2.50. The molecule has 0 aromatic rings. The molecule has 2 aliphatic carbocycles. The molecule has 68 valence electrons. The van der Waals surface area contributed by atoms with Gasteiger partial charge in [0, 0.05) is 6.42 Å². The van der Waals surface area contributed by atoms with Gasteiger partial charge in [0.25, 0.3) is 5.92 Å². The summed E-state index contributed by atoms with van der Waals surface area (Å²) in [5, 5.41) is 0. The second kappa shape index (κ2) is 2.54. The molecule has 12 heavy (non-hydrogen) atoms. The zero-order valence-corrected chi connectivity index (χ0v) is 7.32. The Balaban J connectivity index is 2.16. The third kappa shape index (κ3) is 1.17. The number of hydrogen-bond donors (Lipinski definition) is 0. The lowest BCUT2D eigenvalue weighted by molar-refractivity contribution is 0.0188. The van der Waals surface area contributed by atoms with Crippen molar-refractivity contribution in [2.24, 2.45) is 11.8 Å². The van der Waals surface area contributed by atoms with Crippen molar-refractivity contribution in [1.82, 2.24) is 0 Å². The van der Waals surface area contributed by atoms with E-state index in [0.717, 1.165) is 18.4 Å². The first-order chi connectivity index (χ1) is 5.62. The van der Waals surface area contributed by atoms with E-state index in [4.69, 9.17) is 0 Å². The summed E-state index contributed by atoms with van der Waals surface area (Å²) in [5.74, 6) is -1.52. The van der Waals surface area contributed by atoms with E-state index in [1.807, 2.05) is 0 Å². The van der Waals surface area contributed by atoms with Crippen LogP contribution in [0.1, 0.15) is 32.6 Å². The Kier molecular flexibility index (Phi) is 1.74. The molecule has 0 spiro atoms. The minimum absolute atomic E-state index is 0.0671. The van der Waals surface area contributed by atoms with E-state index in [1.165, 1.54) is 6.08 Å². The van der Waals surface area contributed by atoms with E-state index in [9.17, 15) is 8.78 Å². The van der Waals surface area contributed by atoms with Crippen LogP contribution in [0.4, 0.5) is 8.78 Å². The molecule has 2 atom stereocenters. The Morgan fingerprint density at radius 2 is 2.33 bits per heavy atom. The van der Waals surface area contributed by atoms with Crippen LogP contribution in [-0.2, 0) is 0 Å². The molecular weight excluding hydrogens is 158 g/mol. The van der Waals surface area contributed by atoms with Gasteiger partial charge in [0.1, 0.15) is 0 Å². The van der Waals surface area contributed by atoms with Crippen LogP contribution in [0.15, 0.2) is 11.6 Å². The van der Waals surface area contributed by atoms with Gasteiger partial charge in [-0.05, 0) is 37.2 Å². The lowest BCUT2D eigenvalue weighted by atomic mass is 9.64. The highest BCUT2D eigenvalue weighted by molar-refractivity contribution is 5.25. The SMILES string of the molecule is CCC1CC2CCC(F)(F)C=C12. The summed E-state index contributed by atoms with van der Waals surface area (Å²) in [6.07, 6.45) is 4.18. The topological polar surface area (TPSA) is 0 Å². The van der Waals surface area contributed by atoms with Gasteiger partial charge < -0.3 is 0 Å². The molecular formula is C10H14F2. The summed E-state index contributed by atoms with van der Waals surface area (Å²) in [7, 11) is 0. The van der Waals surface area contributed by atoms with Gasteiger partial charge in [0.2, 0.25) is 0 Å². The first kappa shape index (κ1) is 8.21. The van der Waals surface area contributed by atoms with Crippen LogP contribution in [0.3, 0.4) is 0 Å². The fourth-order valence-electron chi connectivity index (χ4n) is 2.39. The fraction of sp³-hybridized carbons (Fsp3) is 0.800. The van der Waals surface area contributed by atoms with E-state index in [0.29, 0.717) is 18.3 Å². The van der Waals surface area contributed by atoms with Crippen LogP contribution >= 0.6 is 0 Å². The Morgan fingerprint density at radius 3 is 3.00 bits per heavy atom. The molecule has 2 unspecified atom stereocenters. The summed E-state index contributed by atoms with van der Waals surface area (Å²) in [6, 6.07) is 0. The third-order valence-corrected chi connectivity index (χ3v) is 3.21. The smallest absolute Gasteiger partial charge is 0.202 e. The van der Waals surface area contributed by atoms with E-state index in [1.54, 1.807) is 0 Å². The maximum atomic E-state index is 12.9. The molecule has 1 fully saturated rings. The molecule has 0 aliphatic heterocycles. The van der Waals surface area contributed by atoms with Crippen LogP contribution in [-0.4, -0.2) is 5.92 Å². The Hall–Kier alpha value is -0.400. The minimum Gasteiger partial charge on any atom is -0.202 e. The number of alkyl halides is 2. The highest BCUT2D eigenvalue weighted by atomic mass is 19.3. The molecule has 1 saturated carbocycles. The van der Waals surface area contributed by atoms with Crippen molar-refractivity contribution < 1.29 is 8.78 Å². The average Bonchev–Trinajstić information content (AvgIpc) is 1.97. The molecule has 2 heteroatoms. The van der Waals surface area contributed by atoms with E-state index < -0.39 is 5.92 Å². The zero-order chi connectivity index (χ0) is 8.77. The zero-order valence-electron chi connectivity index (χ0n) is 7.32. The van der Waals surface area contributed by atoms with Crippen LogP contribution in [0.5, 0.6) is 0 Å².